The van der Waals surface area contributed by atoms with E-state index in [-0.39, 0.29) is 29.2 Å². The van der Waals surface area contributed by atoms with Crippen LogP contribution in [-0.4, -0.2) is 16.1 Å². The molecule has 0 spiro atoms. The first-order valence-electron chi connectivity index (χ1n) is 7.17. The van der Waals surface area contributed by atoms with Gasteiger partial charge in [0.05, 0.1) is 0 Å². The Morgan fingerprint density at radius 1 is 1.32 bits per heavy atom. The van der Waals surface area contributed by atoms with Crippen LogP contribution in [0.5, 0.6) is 5.75 Å². The maximum Gasteiger partial charge on any atom is 0.433 e. The molecule has 0 aliphatic carbocycles. The summed E-state index contributed by atoms with van der Waals surface area (Å²) in [6.45, 7) is 1.17. The number of fused-ring (bicyclic) bond motifs is 1. The van der Waals surface area contributed by atoms with Crippen LogP contribution < -0.4 is 4.74 Å². The van der Waals surface area contributed by atoms with Crippen LogP contribution in [0.4, 0.5) is 13.2 Å². The molecule has 1 aromatic carbocycles. The third-order valence-electron chi connectivity index (χ3n) is 3.60. The van der Waals surface area contributed by atoms with Crippen molar-refractivity contribution in [2.75, 3.05) is 0 Å². The third-order valence-corrected chi connectivity index (χ3v) is 3.60. The molecule has 0 aliphatic rings. The molecule has 1 N–H and O–H groups in total. The Balaban J connectivity index is 1.90. The largest absolute Gasteiger partial charge is 0.489 e. The number of aryl methyl sites for hydroxylation is 1. The van der Waals surface area contributed by atoms with Crippen molar-refractivity contribution < 1.29 is 32.2 Å². The number of rotatable bonds is 4. The van der Waals surface area contributed by atoms with Crippen LogP contribution in [0.15, 0.2) is 40.9 Å². The fourth-order valence-corrected chi connectivity index (χ4v) is 2.53. The van der Waals surface area contributed by atoms with Crippen molar-refractivity contribution in [1.29, 1.82) is 0 Å². The van der Waals surface area contributed by atoms with E-state index in [1.807, 2.05) is 0 Å². The molecule has 2 heterocycles. The Kier molecular flexibility index (Phi) is 4.12. The SMILES string of the molecule is Cc1oc2ccc(OCc3cccnc3C(F)(F)F)cc2c1C(=O)O. The molecule has 3 rings (SSSR count). The molecule has 0 radical (unpaired) electrons. The molecule has 130 valence electrons. The summed E-state index contributed by atoms with van der Waals surface area (Å²) in [5.41, 5.74) is -0.768. The molecule has 2 aromatic heterocycles. The minimum atomic E-state index is -4.58. The van der Waals surface area contributed by atoms with Gasteiger partial charge in [0.2, 0.25) is 0 Å². The van der Waals surface area contributed by atoms with E-state index in [4.69, 9.17) is 9.15 Å². The molecule has 0 atom stereocenters. The summed E-state index contributed by atoms with van der Waals surface area (Å²) in [4.78, 5) is 14.7. The van der Waals surface area contributed by atoms with Gasteiger partial charge in [0.1, 0.15) is 29.3 Å². The predicted molar refractivity (Wildman–Crippen MR) is 81.5 cm³/mol. The minimum absolute atomic E-state index is 0.00203. The van der Waals surface area contributed by atoms with Crippen LogP contribution in [0.3, 0.4) is 0 Å². The van der Waals surface area contributed by atoms with Gasteiger partial charge in [0.25, 0.3) is 0 Å². The zero-order valence-corrected chi connectivity index (χ0v) is 12.9. The molecule has 0 fully saturated rings. The van der Waals surface area contributed by atoms with E-state index in [9.17, 15) is 23.1 Å². The normalized spacial score (nSPS) is 11.7. The van der Waals surface area contributed by atoms with Gasteiger partial charge < -0.3 is 14.3 Å². The molecule has 0 saturated carbocycles. The maximum atomic E-state index is 12.9. The summed E-state index contributed by atoms with van der Waals surface area (Å²) < 4.78 is 49.5. The van der Waals surface area contributed by atoms with Gasteiger partial charge >= 0.3 is 12.1 Å². The second-order valence-electron chi connectivity index (χ2n) is 5.29. The van der Waals surface area contributed by atoms with Gasteiger partial charge in [-0.25, -0.2) is 4.79 Å². The van der Waals surface area contributed by atoms with Gasteiger partial charge in [-0.1, -0.05) is 6.07 Å². The molecule has 3 aromatic rings. The number of furan rings is 1. The van der Waals surface area contributed by atoms with Crippen molar-refractivity contribution in [3.63, 3.8) is 0 Å². The average molecular weight is 351 g/mol. The number of halogens is 3. The lowest BCUT2D eigenvalue weighted by Gasteiger charge is -2.12. The molecule has 0 aliphatic heterocycles. The third kappa shape index (κ3) is 3.28. The number of pyridine rings is 1. The molecule has 0 unspecified atom stereocenters. The highest BCUT2D eigenvalue weighted by Crippen LogP contribution is 2.32. The number of hydrogen-bond donors (Lipinski definition) is 1. The lowest BCUT2D eigenvalue weighted by Crippen LogP contribution is -2.13. The quantitative estimate of drug-likeness (QED) is 0.753. The summed E-state index contributed by atoms with van der Waals surface area (Å²) in [5, 5.41) is 9.57. The van der Waals surface area contributed by atoms with E-state index in [1.165, 1.54) is 37.3 Å². The van der Waals surface area contributed by atoms with Crippen molar-refractivity contribution in [1.82, 2.24) is 4.98 Å². The van der Waals surface area contributed by atoms with Crippen molar-refractivity contribution >= 4 is 16.9 Å². The van der Waals surface area contributed by atoms with Gasteiger partial charge in [0, 0.05) is 17.1 Å². The van der Waals surface area contributed by atoms with Crippen LogP contribution in [-0.2, 0) is 12.8 Å². The zero-order chi connectivity index (χ0) is 18.2. The molecular weight excluding hydrogens is 339 g/mol. The lowest BCUT2D eigenvalue weighted by molar-refractivity contribution is -0.142. The number of ether oxygens (including phenoxy) is 1. The minimum Gasteiger partial charge on any atom is -0.489 e. The highest BCUT2D eigenvalue weighted by Gasteiger charge is 2.35. The summed E-state index contributed by atoms with van der Waals surface area (Å²) in [6, 6.07) is 7.11. The fourth-order valence-electron chi connectivity index (χ4n) is 2.53. The van der Waals surface area contributed by atoms with Gasteiger partial charge in [-0.2, -0.15) is 13.2 Å². The Bertz CT molecular complexity index is 947. The monoisotopic (exact) mass is 351 g/mol. The van der Waals surface area contributed by atoms with Gasteiger partial charge in [-0.15, -0.1) is 0 Å². The number of carbonyl (C=O) groups is 1. The molecule has 5 nitrogen and oxygen atoms in total. The summed E-state index contributed by atoms with van der Waals surface area (Å²) >= 11 is 0. The predicted octanol–water partition coefficient (Wildman–Crippen LogP) is 4.43. The van der Waals surface area contributed by atoms with Crippen LogP contribution in [0.2, 0.25) is 0 Å². The lowest BCUT2D eigenvalue weighted by atomic mass is 10.1. The number of carboxylic acid groups (broad SMARTS) is 1. The second-order valence-corrected chi connectivity index (χ2v) is 5.29. The highest BCUT2D eigenvalue weighted by molar-refractivity contribution is 6.03. The first kappa shape index (κ1) is 16.8. The molecule has 0 bridgehead atoms. The van der Waals surface area contributed by atoms with Crippen LogP contribution >= 0.6 is 0 Å². The Morgan fingerprint density at radius 2 is 2.08 bits per heavy atom. The van der Waals surface area contributed by atoms with Gasteiger partial charge in [0.15, 0.2) is 5.69 Å². The fraction of sp³-hybridized carbons (Fsp3) is 0.176. The Hall–Kier alpha value is -3.03. The number of aromatic carboxylic acids is 1. The van der Waals surface area contributed by atoms with Crippen molar-refractivity contribution in [3.05, 3.63) is 59.1 Å². The maximum absolute atomic E-state index is 12.9. The number of alkyl halides is 3. The van der Waals surface area contributed by atoms with E-state index in [2.05, 4.69) is 4.98 Å². The van der Waals surface area contributed by atoms with Gasteiger partial charge in [-0.3, -0.25) is 4.98 Å². The molecular formula is C17H12F3NO4. The first-order valence-corrected chi connectivity index (χ1v) is 7.17. The zero-order valence-electron chi connectivity index (χ0n) is 12.9. The standard InChI is InChI=1S/C17H12F3NO4/c1-9-14(16(22)23)12-7-11(4-5-13(12)25-9)24-8-10-3-2-6-21-15(10)17(18,19)20/h2-7H,8H2,1H3,(H,22,23). The van der Waals surface area contributed by atoms with Crippen molar-refractivity contribution in [2.45, 2.75) is 19.7 Å². The first-order chi connectivity index (χ1) is 11.8. The highest BCUT2D eigenvalue weighted by atomic mass is 19.4. The molecule has 25 heavy (non-hydrogen) atoms. The van der Waals surface area contributed by atoms with Crippen molar-refractivity contribution in [2.24, 2.45) is 0 Å². The summed E-state index contributed by atoms with van der Waals surface area (Å²) in [5.74, 6) is -0.681. The van der Waals surface area contributed by atoms with Gasteiger partial charge in [-0.05, 0) is 31.2 Å². The number of hydrogen-bond acceptors (Lipinski definition) is 4. The molecule has 8 heteroatoms. The van der Waals surface area contributed by atoms with E-state index in [0.717, 1.165) is 6.20 Å². The van der Waals surface area contributed by atoms with Crippen LogP contribution in [0.1, 0.15) is 27.4 Å². The van der Waals surface area contributed by atoms with E-state index >= 15 is 0 Å². The van der Waals surface area contributed by atoms with Crippen molar-refractivity contribution in [3.8, 4) is 5.75 Å². The Labute approximate surface area is 139 Å². The Morgan fingerprint density at radius 3 is 2.76 bits per heavy atom. The topological polar surface area (TPSA) is 72.6 Å². The number of benzene rings is 1. The smallest absolute Gasteiger partial charge is 0.433 e. The molecule has 0 amide bonds. The second kappa shape index (κ2) is 6.12. The number of aromatic nitrogens is 1. The van der Waals surface area contributed by atoms with Crippen LogP contribution in [0.25, 0.3) is 11.0 Å². The summed E-state index contributed by atoms with van der Waals surface area (Å²) in [6.07, 6.45) is -3.52. The van der Waals surface area contributed by atoms with E-state index < -0.39 is 17.8 Å². The summed E-state index contributed by atoms with van der Waals surface area (Å²) in [7, 11) is 0. The number of nitrogens with zero attached hydrogens (tertiary/aromatic N) is 1. The van der Waals surface area contributed by atoms with E-state index in [0.29, 0.717) is 11.0 Å². The average Bonchev–Trinajstić information content (AvgIpc) is 2.87. The molecule has 0 saturated heterocycles. The number of carboxylic acids is 1. The van der Waals surface area contributed by atoms with Crippen LogP contribution in [0, 0.1) is 6.92 Å². The van der Waals surface area contributed by atoms with E-state index in [1.54, 1.807) is 0 Å².